The van der Waals surface area contributed by atoms with Crippen LogP contribution in [0.5, 0.6) is 0 Å². The van der Waals surface area contributed by atoms with Crippen LogP contribution in [0.2, 0.25) is 0 Å². The lowest BCUT2D eigenvalue weighted by Gasteiger charge is -2.25. The Morgan fingerprint density at radius 1 is 1.35 bits per heavy atom. The van der Waals surface area contributed by atoms with E-state index in [0.717, 1.165) is 0 Å². The molecular formula is C11H17N3O3. The van der Waals surface area contributed by atoms with Gasteiger partial charge in [0.05, 0.1) is 18.0 Å². The Morgan fingerprint density at radius 3 is 2.41 bits per heavy atom. The Morgan fingerprint density at radius 2 is 2.00 bits per heavy atom. The average molecular weight is 239 g/mol. The number of nitrogens with one attached hydrogen (secondary N) is 1. The van der Waals surface area contributed by atoms with Gasteiger partial charge in [0.2, 0.25) is 0 Å². The molecule has 6 nitrogen and oxygen atoms in total. The molecule has 0 aliphatic rings. The number of carboxylic acid groups (broad SMARTS) is 1. The second kappa shape index (κ2) is 5.58. The van der Waals surface area contributed by atoms with Crippen molar-refractivity contribution in [2.75, 3.05) is 11.9 Å². The summed E-state index contributed by atoms with van der Waals surface area (Å²) >= 11 is 0. The van der Waals surface area contributed by atoms with Crippen molar-refractivity contribution in [2.24, 2.45) is 0 Å². The highest BCUT2D eigenvalue weighted by atomic mass is 16.4. The van der Waals surface area contributed by atoms with Crippen molar-refractivity contribution in [2.45, 2.75) is 32.3 Å². The third kappa shape index (κ3) is 3.67. The van der Waals surface area contributed by atoms with Gasteiger partial charge in [-0.05, 0) is 12.8 Å². The van der Waals surface area contributed by atoms with Crippen LogP contribution in [0.1, 0.15) is 37.2 Å². The minimum atomic E-state index is -1.11. The Balaban J connectivity index is 2.61. The normalized spacial score (nSPS) is 11.2. The molecule has 0 saturated carbocycles. The summed E-state index contributed by atoms with van der Waals surface area (Å²) in [5.74, 6) is -0.655. The largest absolute Gasteiger partial charge is 0.476 e. The van der Waals surface area contributed by atoms with Crippen molar-refractivity contribution in [3.05, 3.63) is 18.1 Å². The molecule has 0 aliphatic heterocycles. The molecule has 0 saturated heterocycles. The zero-order valence-electron chi connectivity index (χ0n) is 9.97. The molecule has 0 atom stereocenters. The fourth-order valence-corrected chi connectivity index (χ4v) is 1.28. The lowest BCUT2D eigenvalue weighted by atomic mass is 9.98. The van der Waals surface area contributed by atoms with Gasteiger partial charge in [-0.25, -0.2) is 14.8 Å². The number of rotatable bonds is 6. The Kier molecular flexibility index (Phi) is 4.39. The van der Waals surface area contributed by atoms with Gasteiger partial charge in [0, 0.05) is 6.54 Å². The Hall–Kier alpha value is -1.69. The number of carbonyl (C=O) groups is 1. The molecule has 1 rings (SSSR count). The summed E-state index contributed by atoms with van der Waals surface area (Å²) in [5, 5.41) is 21.6. The molecule has 1 aromatic rings. The van der Waals surface area contributed by atoms with Crippen molar-refractivity contribution in [1.29, 1.82) is 0 Å². The minimum Gasteiger partial charge on any atom is -0.476 e. The SMILES string of the molecule is CCC(O)(CC)CNc1cnc(C(=O)O)cn1. The van der Waals surface area contributed by atoms with E-state index in [2.05, 4.69) is 15.3 Å². The molecule has 0 unspecified atom stereocenters. The summed E-state index contributed by atoms with van der Waals surface area (Å²) in [5.41, 5.74) is -0.871. The molecule has 1 heterocycles. The lowest BCUT2D eigenvalue weighted by molar-refractivity contribution is 0.0456. The fourth-order valence-electron chi connectivity index (χ4n) is 1.28. The number of hydrogen-bond acceptors (Lipinski definition) is 5. The fraction of sp³-hybridized carbons (Fsp3) is 0.545. The molecule has 0 fully saturated rings. The highest BCUT2D eigenvalue weighted by Gasteiger charge is 2.21. The van der Waals surface area contributed by atoms with Crippen LogP contribution in [-0.2, 0) is 0 Å². The third-order valence-electron chi connectivity index (χ3n) is 2.79. The van der Waals surface area contributed by atoms with Crippen LogP contribution in [0, 0.1) is 0 Å². The first-order valence-corrected chi connectivity index (χ1v) is 5.52. The van der Waals surface area contributed by atoms with Gasteiger partial charge in [0.15, 0.2) is 5.69 Å². The van der Waals surface area contributed by atoms with Crippen LogP contribution in [0.4, 0.5) is 5.82 Å². The molecule has 1 aromatic heterocycles. The molecule has 94 valence electrons. The second-order valence-corrected chi connectivity index (χ2v) is 3.88. The summed E-state index contributed by atoms with van der Waals surface area (Å²) in [4.78, 5) is 18.2. The molecule has 3 N–H and O–H groups in total. The highest BCUT2D eigenvalue weighted by Crippen LogP contribution is 2.15. The topological polar surface area (TPSA) is 95.3 Å². The zero-order valence-corrected chi connectivity index (χ0v) is 9.97. The van der Waals surface area contributed by atoms with E-state index in [1.165, 1.54) is 12.4 Å². The first kappa shape index (κ1) is 13.4. The first-order chi connectivity index (χ1) is 8.00. The predicted octanol–water partition coefficient (Wildman–Crippen LogP) is 1.14. The monoisotopic (exact) mass is 239 g/mol. The van der Waals surface area contributed by atoms with Crippen molar-refractivity contribution >= 4 is 11.8 Å². The maximum atomic E-state index is 10.6. The van der Waals surface area contributed by atoms with Gasteiger partial charge in [-0.15, -0.1) is 0 Å². The van der Waals surface area contributed by atoms with E-state index in [1.54, 1.807) is 0 Å². The predicted molar refractivity (Wildman–Crippen MR) is 63.0 cm³/mol. The molecule has 0 bridgehead atoms. The quantitative estimate of drug-likeness (QED) is 0.689. The summed E-state index contributed by atoms with van der Waals surface area (Å²) < 4.78 is 0. The number of hydrogen-bond donors (Lipinski definition) is 3. The molecule has 0 aliphatic carbocycles. The van der Waals surface area contributed by atoms with E-state index in [1.807, 2.05) is 13.8 Å². The van der Waals surface area contributed by atoms with Crippen LogP contribution >= 0.6 is 0 Å². The van der Waals surface area contributed by atoms with E-state index in [9.17, 15) is 9.90 Å². The molecular weight excluding hydrogens is 222 g/mol. The van der Waals surface area contributed by atoms with Gasteiger partial charge in [-0.1, -0.05) is 13.8 Å². The average Bonchev–Trinajstić information content (AvgIpc) is 2.36. The van der Waals surface area contributed by atoms with Crippen LogP contribution in [0.15, 0.2) is 12.4 Å². The first-order valence-electron chi connectivity index (χ1n) is 5.52. The van der Waals surface area contributed by atoms with E-state index in [0.29, 0.717) is 25.2 Å². The van der Waals surface area contributed by atoms with Crippen molar-refractivity contribution < 1.29 is 15.0 Å². The summed E-state index contributed by atoms with van der Waals surface area (Å²) in [6, 6.07) is 0. The highest BCUT2D eigenvalue weighted by molar-refractivity contribution is 5.84. The van der Waals surface area contributed by atoms with E-state index < -0.39 is 11.6 Å². The van der Waals surface area contributed by atoms with Gasteiger partial charge in [0.1, 0.15) is 5.82 Å². The van der Waals surface area contributed by atoms with Gasteiger partial charge in [-0.2, -0.15) is 0 Å². The molecule has 0 aromatic carbocycles. The smallest absolute Gasteiger partial charge is 0.356 e. The zero-order chi connectivity index (χ0) is 12.9. The molecule has 6 heteroatoms. The van der Waals surface area contributed by atoms with Gasteiger partial charge in [-0.3, -0.25) is 0 Å². The summed E-state index contributed by atoms with van der Waals surface area (Å²) in [6.07, 6.45) is 3.80. The van der Waals surface area contributed by atoms with Crippen LogP contribution in [0.3, 0.4) is 0 Å². The third-order valence-corrected chi connectivity index (χ3v) is 2.79. The second-order valence-electron chi connectivity index (χ2n) is 3.88. The number of anilines is 1. The lowest BCUT2D eigenvalue weighted by Crippen LogP contribution is -2.35. The van der Waals surface area contributed by atoms with Crippen LogP contribution in [0.25, 0.3) is 0 Å². The number of aliphatic hydroxyl groups is 1. The van der Waals surface area contributed by atoms with Crippen LogP contribution in [-0.4, -0.2) is 38.3 Å². The number of nitrogens with zero attached hydrogens (tertiary/aromatic N) is 2. The summed E-state index contributed by atoms with van der Waals surface area (Å²) in [6.45, 7) is 4.18. The Bertz CT molecular complexity index is 374. The van der Waals surface area contributed by atoms with Gasteiger partial charge >= 0.3 is 5.97 Å². The summed E-state index contributed by atoms with van der Waals surface area (Å²) in [7, 11) is 0. The number of aromatic nitrogens is 2. The van der Waals surface area contributed by atoms with E-state index >= 15 is 0 Å². The number of aromatic carboxylic acids is 1. The maximum absolute atomic E-state index is 10.6. The van der Waals surface area contributed by atoms with Crippen molar-refractivity contribution in [3.63, 3.8) is 0 Å². The molecule has 0 radical (unpaired) electrons. The van der Waals surface area contributed by atoms with Crippen molar-refractivity contribution in [3.8, 4) is 0 Å². The van der Waals surface area contributed by atoms with Crippen molar-refractivity contribution in [1.82, 2.24) is 9.97 Å². The number of carboxylic acids is 1. The van der Waals surface area contributed by atoms with E-state index in [-0.39, 0.29) is 5.69 Å². The van der Waals surface area contributed by atoms with E-state index in [4.69, 9.17) is 5.11 Å². The molecule has 0 spiro atoms. The van der Waals surface area contributed by atoms with Crippen LogP contribution < -0.4 is 5.32 Å². The molecule has 17 heavy (non-hydrogen) atoms. The maximum Gasteiger partial charge on any atom is 0.356 e. The molecule has 0 amide bonds. The van der Waals surface area contributed by atoms with Gasteiger partial charge < -0.3 is 15.5 Å². The Labute approximate surface area is 99.7 Å². The standard InChI is InChI=1S/C11H17N3O3/c1-3-11(17,4-2)7-14-9-6-12-8(5-13-9)10(15)16/h5-6,17H,3-4,7H2,1-2H3,(H,13,14)(H,15,16). The van der Waals surface area contributed by atoms with Gasteiger partial charge in [0.25, 0.3) is 0 Å². The minimum absolute atomic E-state index is 0.100.